The van der Waals surface area contributed by atoms with Gasteiger partial charge in [-0.25, -0.2) is 4.98 Å². The summed E-state index contributed by atoms with van der Waals surface area (Å²) >= 11 is 0. The minimum absolute atomic E-state index is 0.376. The zero-order valence-corrected chi connectivity index (χ0v) is 25.0. The van der Waals surface area contributed by atoms with Crippen molar-refractivity contribution < 1.29 is 9.30 Å². The first-order chi connectivity index (χ1) is 19.6. The van der Waals surface area contributed by atoms with Crippen molar-refractivity contribution in [1.29, 1.82) is 0 Å². The van der Waals surface area contributed by atoms with Gasteiger partial charge in [0, 0.05) is 42.5 Å². The number of methoxy groups -OCH3 is 1. The first-order valence-electron chi connectivity index (χ1n) is 13.5. The van der Waals surface area contributed by atoms with Gasteiger partial charge in [0.2, 0.25) is 5.95 Å². The van der Waals surface area contributed by atoms with E-state index in [2.05, 4.69) is 49.7 Å². The van der Waals surface area contributed by atoms with Crippen molar-refractivity contribution in [3.8, 4) is 16.9 Å². The van der Waals surface area contributed by atoms with E-state index < -0.39 is 7.14 Å². The second-order valence-electron chi connectivity index (χ2n) is 10.9. The molecule has 11 heteroatoms. The number of aryl methyl sites for hydroxylation is 2. The third kappa shape index (κ3) is 4.93. The fraction of sp³-hybridized carbons (Fsp3) is 0.300. The summed E-state index contributed by atoms with van der Waals surface area (Å²) in [6, 6.07) is 7.97. The van der Waals surface area contributed by atoms with Gasteiger partial charge in [-0.15, -0.1) is 0 Å². The van der Waals surface area contributed by atoms with Crippen molar-refractivity contribution >= 4 is 46.6 Å². The molecule has 1 atom stereocenters. The Kier molecular flexibility index (Phi) is 6.74. The van der Waals surface area contributed by atoms with Crippen molar-refractivity contribution in [3.05, 3.63) is 65.9 Å². The third-order valence-corrected chi connectivity index (χ3v) is 9.22. The predicted molar refractivity (Wildman–Crippen MR) is 164 cm³/mol. The summed E-state index contributed by atoms with van der Waals surface area (Å²) < 4.78 is 21.2. The molecule has 0 amide bonds. The molecule has 3 heterocycles. The third-order valence-electron chi connectivity index (χ3n) is 7.69. The van der Waals surface area contributed by atoms with Gasteiger partial charge >= 0.3 is 0 Å². The highest BCUT2D eigenvalue weighted by molar-refractivity contribution is 7.71. The Morgan fingerprint density at radius 2 is 1.83 bits per heavy atom. The molecule has 0 saturated heterocycles. The molecular weight excluding hydrogens is 535 g/mol. The van der Waals surface area contributed by atoms with Crippen molar-refractivity contribution in [2.24, 2.45) is 7.05 Å². The molecule has 0 bridgehead atoms. The van der Waals surface area contributed by atoms with Gasteiger partial charge in [0.1, 0.15) is 24.2 Å². The zero-order chi connectivity index (χ0) is 28.9. The molecule has 6 rings (SSSR count). The Labute approximate surface area is 239 Å². The first-order valence-corrected chi connectivity index (χ1v) is 16.1. The maximum atomic E-state index is 13.4. The van der Waals surface area contributed by atoms with Gasteiger partial charge in [-0.05, 0) is 74.4 Å². The van der Waals surface area contributed by atoms with Crippen molar-refractivity contribution in [1.82, 2.24) is 29.7 Å². The van der Waals surface area contributed by atoms with E-state index in [0.717, 1.165) is 41.0 Å². The minimum Gasteiger partial charge on any atom is -0.495 e. The highest BCUT2D eigenvalue weighted by atomic mass is 31.2. The predicted octanol–water partition coefficient (Wildman–Crippen LogP) is 5.92. The van der Waals surface area contributed by atoms with Crippen LogP contribution in [0, 0.1) is 6.92 Å². The van der Waals surface area contributed by atoms with Crippen molar-refractivity contribution in [3.63, 3.8) is 0 Å². The van der Waals surface area contributed by atoms with Crippen LogP contribution in [0.15, 0.2) is 49.1 Å². The van der Waals surface area contributed by atoms with Crippen LogP contribution in [0.3, 0.4) is 0 Å². The maximum absolute atomic E-state index is 13.4. The van der Waals surface area contributed by atoms with Crippen LogP contribution in [0.25, 0.3) is 22.2 Å². The minimum atomic E-state index is -2.72. The second kappa shape index (κ2) is 10.3. The van der Waals surface area contributed by atoms with Crippen LogP contribution < -0.4 is 20.7 Å². The fourth-order valence-electron chi connectivity index (χ4n) is 5.54. The lowest BCUT2D eigenvalue weighted by molar-refractivity contribution is 0.416. The van der Waals surface area contributed by atoms with E-state index in [1.807, 2.05) is 37.0 Å². The molecular formula is C30H33N8O2P. The molecule has 0 spiro atoms. The molecule has 41 heavy (non-hydrogen) atoms. The average Bonchev–Trinajstić information content (AvgIpc) is 3.25. The van der Waals surface area contributed by atoms with Gasteiger partial charge in [-0.1, -0.05) is 6.92 Å². The van der Waals surface area contributed by atoms with E-state index >= 15 is 0 Å². The average molecular weight is 569 g/mol. The van der Waals surface area contributed by atoms with E-state index in [4.69, 9.17) is 9.72 Å². The number of hydrogen-bond donors (Lipinski definition) is 2. The number of anilines is 4. The van der Waals surface area contributed by atoms with Crippen LogP contribution in [0.5, 0.6) is 5.75 Å². The van der Waals surface area contributed by atoms with Gasteiger partial charge in [0.25, 0.3) is 0 Å². The van der Waals surface area contributed by atoms with E-state index in [1.165, 1.54) is 11.3 Å². The van der Waals surface area contributed by atoms with Crippen LogP contribution >= 0.6 is 7.14 Å². The summed E-state index contributed by atoms with van der Waals surface area (Å²) in [7, 11) is 0.944. The molecule has 0 aliphatic heterocycles. The summed E-state index contributed by atoms with van der Waals surface area (Å²) in [5.74, 6) is 2.09. The molecule has 1 unspecified atom stereocenters. The Morgan fingerprint density at radius 1 is 1.02 bits per heavy atom. The summed E-state index contributed by atoms with van der Waals surface area (Å²) in [5, 5.41) is 12.0. The Balaban J connectivity index is 1.40. The van der Waals surface area contributed by atoms with Gasteiger partial charge in [0.15, 0.2) is 0 Å². The molecule has 0 fully saturated rings. The highest BCUT2D eigenvalue weighted by Crippen LogP contribution is 2.44. The Hall–Kier alpha value is -4.30. The van der Waals surface area contributed by atoms with E-state index in [0.29, 0.717) is 39.7 Å². The molecule has 0 saturated carbocycles. The number of aromatic nitrogens is 6. The smallest absolute Gasteiger partial charge is 0.229 e. The van der Waals surface area contributed by atoms with Gasteiger partial charge in [-0.3, -0.25) is 14.6 Å². The fourth-order valence-corrected chi connectivity index (χ4v) is 6.93. The number of ether oxygens (including phenoxy) is 1. The summed E-state index contributed by atoms with van der Waals surface area (Å²) in [5.41, 5.74) is 8.33. The van der Waals surface area contributed by atoms with Crippen LogP contribution in [0.2, 0.25) is 0 Å². The quantitative estimate of drug-likeness (QED) is 0.240. The normalized spacial score (nSPS) is 14.7. The SMILES string of the molecule is COc1cc2c(cc1Nc1ncc(C)c(Nc3ccc4nccnc4c3P(C)(C)=O)n1)-c1cnn(C)c1CCC2C. The summed E-state index contributed by atoms with van der Waals surface area (Å²) in [6.45, 7) is 7.66. The molecule has 210 valence electrons. The zero-order valence-electron chi connectivity index (χ0n) is 24.1. The molecule has 2 N–H and O–H groups in total. The number of rotatable bonds is 6. The van der Waals surface area contributed by atoms with Crippen molar-refractivity contribution in [2.45, 2.75) is 32.6 Å². The number of nitrogens with one attached hydrogen (secondary N) is 2. The molecule has 3 aromatic heterocycles. The van der Waals surface area contributed by atoms with Crippen LogP contribution in [0.1, 0.15) is 36.1 Å². The van der Waals surface area contributed by atoms with Gasteiger partial charge in [-0.2, -0.15) is 10.1 Å². The molecule has 5 aromatic rings. The highest BCUT2D eigenvalue weighted by Gasteiger charge is 2.25. The summed E-state index contributed by atoms with van der Waals surface area (Å²) in [6.07, 6.45) is 8.95. The summed E-state index contributed by atoms with van der Waals surface area (Å²) in [4.78, 5) is 18.2. The Morgan fingerprint density at radius 3 is 2.61 bits per heavy atom. The van der Waals surface area contributed by atoms with Crippen molar-refractivity contribution in [2.75, 3.05) is 31.1 Å². The van der Waals surface area contributed by atoms with Crippen LogP contribution in [-0.4, -0.2) is 50.2 Å². The first kappa shape index (κ1) is 26.9. The topological polar surface area (TPSA) is 120 Å². The number of nitrogens with zero attached hydrogens (tertiary/aromatic N) is 6. The number of fused-ring (bicyclic) bond motifs is 4. The molecule has 10 nitrogen and oxygen atoms in total. The van der Waals surface area contributed by atoms with E-state index in [-0.39, 0.29) is 0 Å². The van der Waals surface area contributed by atoms with E-state index in [9.17, 15) is 4.57 Å². The lowest BCUT2D eigenvalue weighted by Crippen LogP contribution is -2.14. The second-order valence-corrected chi connectivity index (χ2v) is 14.1. The number of hydrogen-bond acceptors (Lipinski definition) is 9. The lowest BCUT2D eigenvalue weighted by Gasteiger charge is -2.19. The largest absolute Gasteiger partial charge is 0.495 e. The maximum Gasteiger partial charge on any atom is 0.229 e. The lowest BCUT2D eigenvalue weighted by atomic mass is 9.92. The number of benzene rings is 2. The standard InChI is InChI=1S/C30H33N8O2P/c1-17-7-10-25-21(16-34-38(25)3)20-13-24(26(40-4)14-19(17)20)36-30-33-15-18(2)29(37-30)35-23-9-8-22-27(32-12-11-31-22)28(23)41(5,6)39/h8-9,11-17H,7,10H2,1-6H3,(H2,33,35,36,37). The molecule has 1 aliphatic carbocycles. The molecule has 0 radical (unpaired) electrons. The van der Waals surface area contributed by atoms with Gasteiger partial charge < -0.3 is 19.9 Å². The van der Waals surface area contributed by atoms with Gasteiger partial charge in [0.05, 0.1) is 35.5 Å². The molecule has 1 aliphatic rings. The van der Waals surface area contributed by atoms with Crippen LogP contribution in [0.4, 0.5) is 23.1 Å². The molecule has 2 aromatic carbocycles. The Bertz CT molecular complexity index is 1840. The van der Waals surface area contributed by atoms with E-state index in [1.54, 1.807) is 39.0 Å². The van der Waals surface area contributed by atoms with Crippen LogP contribution in [-0.2, 0) is 18.0 Å². The monoisotopic (exact) mass is 568 g/mol.